The van der Waals surface area contributed by atoms with Crippen molar-refractivity contribution in [2.45, 2.75) is 89.6 Å². The van der Waals surface area contributed by atoms with Crippen LogP contribution in [0, 0.1) is 5.92 Å². The summed E-state index contributed by atoms with van der Waals surface area (Å²) >= 11 is 0. The van der Waals surface area contributed by atoms with Crippen LogP contribution < -0.4 is 33.2 Å². The number of aliphatic carboxylic acids is 1. The molecule has 0 aliphatic carbocycles. The molecule has 6 atom stereocenters. The highest BCUT2D eigenvalue weighted by atomic mass is 16.4. The van der Waals surface area contributed by atoms with Crippen LogP contribution in [0.25, 0.3) is 0 Å². The molecule has 4 amide bonds. The first-order valence-electron chi connectivity index (χ1n) is 11.4. The Balaban J connectivity index is 5.46. The maximum absolute atomic E-state index is 12.9. The number of aliphatic hydroxyl groups is 1. The fraction of sp³-hybridized carbons (Fsp3) is 0.762. The van der Waals surface area contributed by atoms with E-state index in [0.29, 0.717) is 25.8 Å². The molecule has 34 heavy (non-hydrogen) atoms. The van der Waals surface area contributed by atoms with Gasteiger partial charge in [-0.15, -0.1) is 0 Å². The molecule has 0 heterocycles. The molecule has 0 aliphatic heterocycles. The first kappa shape index (κ1) is 31.2. The van der Waals surface area contributed by atoms with Gasteiger partial charge in [-0.05, 0) is 45.1 Å². The average Bonchev–Trinajstić information content (AvgIpc) is 2.77. The van der Waals surface area contributed by atoms with E-state index in [1.165, 1.54) is 6.92 Å². The van der Waals surface area contributed by atoms with Crippen LogP contribution >= 0.6 is 0 Å². The third kappa shape index (κ3) is 11.4. The fourth-order valence-electron chi connectivity index (χ4n) is 3.01. The van der Waals surface area contributed by atoms with Crippen LogP contribution in [0.2, 0.25) is 0 Å². The zero-order valence-electron chi connectivity index (χ0n) is 20.1. The number of carboxylic acid groups (broad SMARTS) is 1. The molecule has 0 spiro atoms. The van der Waals surface area contributed by atoms with Crippen LogP contribution in [0.5, 0.6) is 0 Å². The Morgan fingerprint density at radius 1 is 0.882 bits per heavy atom. The van der Waals surface area contributed by atoms with Crippen molar-refractivity contribution in [3.8, 4) is 0 Å². The van der Waals surface area contributed by atoms with Gasteiger partial charge >= 0.3 is 5.97 Å². The van der Waals surface area contributed by atoms with Crippen molar-refractivity contribution in [3.63, 3.8) is 0 Å². The maximum atomic E-state index is 12.9. The Bertz CT molecular complexity index is 703. The molecule has 0 radical (unpaired) electrons. The van der Waals surface area contributed by atoms with Crippen molar-refractivity contribution in [3.05, 3.63) is 0 Å². The van der Waals surface area contributed by atoms with E-state index in [1.807, 2.05) is 6.92 Å². The molecular formula is C21H40N6O7. The zero-order valence-corrected chi connectivity index (χ0v) is 20.1. The van der Waals surface area contributed by atoms with Gasteiger partial charge in [0.05, 0.1) is 12.1 Å². The number of rotatable bonds is 17. The van der Waals surface area contributed by atoms with Gasteiger partial charge in [-0.1, -0.05) is 20.3 Å². The zero-order chi connectivity index (χ0) is 26.4. The highest BCUT2D eigenvalue weighted by Crippen LogP contribution is 2.08. The number of aliphatic hydroxyl groups excluding tert-OH is 1. The number of hydrogen-bond donors (Lipinski definition) is 8. The average molecular weight is 489 g/mol. The van der Waals surface area contributed by atoms with E-state index in [1.54, 1.807) is 6.92 Å². The summed E-state index contributed by atoms with van der Waals surface area (Å²) in [5.41, 5.74) is 16.5. The molecule has 0 aromatic carbocycles. The van der Waals surface area contributed by atoms with Crippen LogP contribution in [0.1, 0.15) is 59.3 Å². The summed E-state index contributed by atoms with van der Waals surface area (Å²) in [6, 6.07) is -4.85. The molecule has 0 bridgehead atoms. The van der Waals surface area contributed by atoms with Crippen LogP contribution in [-0.2, 0) is 24.0 Å². The predicted octanol–water partition coefficient (Wildman–Crippen LogP) is -2.33. The molecule has 13 heteroatoms. The van der Waals surface area contributed by atoms with Crippen LogP contribution in [0.15, 0.2) is 0 Å². The lowest BCUT2D eigenvalue weighted by Crippen LogP contribution is -2.60. The smallest absolute Gasteiger partial charge is 0.326 e. The lowest BCUT2D eigenvalue weighted by Gasteiger charge is -2.27. The molecule has 0 saturated heterocycles. The summed E-state index contributed by atoms with van der Waals surface area (Å²) in [5.74, 6) is -4.52. The third-order valence-corrected chi connectivity index (χ3v) is 5.50. The van der Waals surface area contributed by atoms with E-state index in [2.05, 4.69) is 16.0 Å². The Hall–Kier alpha value is -2.77. The number of carboxylic acids is 1. The van der Waals surface area contributed by atoms with Gasteiger partial charge in [0.2, 0.25) is 23.6 Å². The van der Waals surface area contributed by atoms with E-state index >= 15 is 0 Å². The molecule has 6 unspecified atom stereocenters. The SMILES string of the molecule is CCC(C)C(N)C(=O)NC(CCCCN)C(=O)NC(C(=O)NC(CCC(N)=O)C(=O)O)C(C)O. The summed E-state index contributed by atoms with van der Waals surface area (Å²) in [6.45, 7) is 5.31. The lowest BCUT2D eigenvalue weighted by molar-refractivity contribution is -0.143. The Kier molecular flexibility index (Phi) is 14.7. The molecular weight excluding hydrogens is 448 g/mol. The Labute approximate surface area is 199 Å². The van der Waals surface area contributed by atoms with Gasteiger partial charge in [-0.3, -0.25) is 19.2 Å². The van der Waals surface area contributed by atoms with E-state index in [0.717, 1.165) is 0 Å². The van der Waals surface area contributed by atoms with E-state index in [4.69, 9.17) is 17.2 Å². The van der Waals surface area contributed by atoms with Gasteiger partial charge in [0.25, 0.3) is 0 Å². The number of carbonyl (C=O) groups excluding carboxylic acids is 4. The highest BCUT2D eigenvalue weighted by Gasteiger charge is 2.33. The number of carbonyl (C=O) groups is 5. The first-order valence-corrected chi connectivity index (χ1v) is 11.4. The summed E-state index contributed by atoms with van der Waals surface area (Å²) in [7, 11) is 0. The minimum atomic E-state index is -1.51. The van der Waals surface area contributed by atoms with Crippen molar-refractivity contribution in [2.24, 2.45) is 23.1 Å². The number of amides is 4. The Morgan fingerprint density at radius 2 is 1.47 bits per heavy atom. The first-order chi connectivity index (χ1) is 15.8. The monoisotopic (exact) mass is 488 g/mol. The van der Waals surface area contributed by atoms with Crippen molar-refractivity contribution >= 4 is 29.6 Å². The van der Waals surface area contributed by atoms with Gasteiger partial charge < -0.3 is 43.4 Å². The number of primary amides is 1. The molecule has 0 aliphatic rings. The quantitative estimate of drug-likeness (QED) is 0.102. The molecule has 0 rings (SSSR count). The van der Waals surface area contributed by atoms with Crippen LogP contribution in [-0.4, -0.2) is 76.6 Å². The maximum Gasteiger partial charge on any atom is 0.326 e. The largest absolute Gasteiger partial charge is 0.480 e. The predicted molar refractivity (Wildman–Crippen MR) is 124 cm³/mol. The number of unbranched alkanes of at least 4 members (excludes halogenated alkanes) is 1. The second-order valence-corrected chi connectivity index (χ2v) is 8.39. The van der Waals surface area contributed by atoms with Crippen molar-refractivity contribution in [2.75, 3.05) is 6.54 Å². The molecule has 0 aromatic heterocycles. The molecule has 0 saturated carbocycles. The van der Waals surface area contributed by atoms with E-state index in [9.17, 15) is 34.2 Å². The van der Waals surface area contributed by atoms with Gasteiger partial charge in [-0.25, -0.2) is 4.79 Å². The second kappa shape index (κ2) is 16.0. The second-order valence-electron chi connectivity index (χ2n) is 8.39. The minimum Gasteiger partial charge on any atom is -0.480 e. The molecule has 11 N–H and O–H groups in total. The Morgan fingerprint density at radius 3 is 1.94 bits per heavy atom. The van der Waals surface area contributed by atoms with Crippen molar-refractivity contribution in [1.29, 1.82) is 0 Å². The summed E-state index contributed by atoms with van der Waals surface area (Å²) in [4.78, 5) is 60.4. The summed E-state index contributed by atoms with van der Waals surface area (Å²) < 4.78 is 0. The van der Waals surface area contributed by atoms with Crippen molar-refractivity contribution < 1.29 is 34.2 Å². The summed E-state index contributed by atoms with van der Waals surface area (Å²) in [6.07, 6.45) is 0.0366. The molecule has 0 fully saturated rings. The van der Waals surface area contributed by atoms with E-state index in [-0.39, 0.29) is 25.2 Å². The topological polar surface area (TPSA) is 240 Å². The third-order valence-electron chi connectivity index (χ3n) is 5.50. The standard InChI is InChI=1S/C21H40N6O7/c1-4-11(2)16(24)19(31)25-13(7-5-6-10-22)18(30)27-17(12(3)28)20(32)26-14(21(33)34)8-9-15(23)29/h11-14,16-17,28H,4-10,22,24H2,1-3H3,(H2,23,29)(H,25,31)(H,26,32)(H,27,30)(H,33,34). The highest BCUT2D eigenvalue weighted by molar-refractivity contribution is 5.94. The van der Waals surface area contributed by atoms with Gasteiger partial charge in [0.15, 0.2) is 0 Å². The minimum absolute atomic E-state index is 0.128. The van der Waals surface area contributed by atoms with Crippen LogP contribution in [0.4, 0.5) is 0 Å². The van der Waals surface area contributed by atoms with Gasteiger partial charge in [0, 0.05) is 6.42 Å². The molecule has 13 nitrogen and oxygen atoms in total. The van der Waals surface area contributed by atoms with Crippen molar-refractivity contribution in [1.82, 2.24) is 16.0 Å². The van der Waals surface area contributed by atoms with E-state index < -0.39 is 59.9 Å². The van der Waals surface area contributed by atoms with Gasteiger partial charge in [0.1, 0.15) is 18.1 Å². The van der Waals surface area contributed by atoms with Crippen LogP contribution in [0.3, 0.4) is 0 Å². The number of nitrogens with one attached hydrogen (secondary N) is 3. The number of nitrogens with two attached hydrogens (primary N) is 3. The normalized spacial score (nSPS) is 16.3. The molecule has 196 valence electrons. The fourth-order valence-corrected chi connectivity index (χ4v) is 3.01. The van der Waals surface area contributed by atoms with Gasteiger partial charge in [-0.2, -0.15) is 0 Å². The number of hydrogen-bond acceptors (Lipinski definition) is 8. The lowest BCUT2D eigenvalue weighted by atomic mass is 9.98. The summed E-state index contributed by atoms with van der Waals surface area (Å²) in [5, 5.41) is 26.5. The molecule has 0 aromatic rings.